The number of likely N-dealkylation sites (tertiary alicyclic amines) is 2. The summed E-state index contributed by atoms with van der Waals surface area (Å²) in [5, 5.41) is 10.1. The summed E-state index contributed by atoms with van der Waals surface area (Å²) >= 11 is 0. The molecule has 2 fully saturated rings. The van der Waals surface area contributed by atoms with Crippen molar-refractivity contribution in [1.29, 1.82) is 0 Å². The van der Waals surface area contributed by atoms with Gasteiger partial charge in [-0.3, -0.25) is 14.5 Å². The van der Waals surface area contributed by atoms with Crippen molar-refractivity contribution in [2.24, 2.45) is 5.73 Å². The van der Waals surface area contributed by atoms with E-state index in [1.807, 2.05) is 0 Å². The lowest BCUT2D eigenvalue weighted by molar-refractivity contribution is -0.123. The Morgan fingerprint density at radius 1 is 1.20 bits per heavy atom. The van der Waals surface area contributed by atoms with Gasteiger partial charge in [0.15, 0.2) is 0 Å². The van der Waals surface area contributed by atoms with E-state index < -0.39 is 0 Å². The van der Waals surface area contributed by atoms with E-state index in [4.69, 9.17) is 10.5 Å². The Kier molecular flexibility index (Phi) is 5.13. The van der Waals surface area contributed by atoms with Gasteiger partial charge in [0, 0.05) is 25.2 Å². The standard InChI is InChI=1S/C18H25N3O4/c1-25-13-4-5-14(16(22)11-13)18(24)20-9-6-12(7-10-20)21-8-2-3-15(21)17(19)23/h4-5,11-12,15,22H,2-3,6-10H2,1H3,(H2,19,23)/t15-/m1/s1. The van der Waals surface area contributed by atoms with Crippen LogP contribution in [0.15, 0.2) is 18.2 Å². The highest BCUT2D eigenvalue weighted by atomic mass is 16.5. The second kappa shape index (κ2) is 7.31. The molecule has 25 heavy (non-hydrogen) atoms. The van der Waals surface area contributed by atoms with E-state index in [0.717, 1.165) is 32.2 Å². The zero-order chi connectivity index (χ0) is 18.0. The SMILES string of the molecule is COc1ccc(C(=O)N2CCC(N3CCC[C@@H]3C(N)=O)CC2)c(O)c1. The first-order valence-corrected chi connectivity index (χ1v) is 8.72. The molecule has 2 aliphatic rings. The maximum atomic E-state index is 12.7. The molecule has 3 N–H and O–H groups in total. The van der Waals surface area contributed by atoms with Crippen LogP contribution in [0.5, 0.6) is 11.5 Å². The van der Waals surface area contributed by atoms with Gasteiger partial charge in [-0.25, -0.2) is 0 Å². The second-order valence-electron chi connectivity index (χ2n) is 6.70. The lowest BCUT2D eigenvalue weighted by Crippen LogP contribution is -2.51. The number of hydrogen-bond donors (Lipinski definition) is 2. The van der Waals surface area contributed by atoms with E-state index in [-0.39, 0.29) is 35.2 Å². The van der Waals surface area contributed by atoms with Gasteiger partial charge >= 0.3 is 0 Å². The maximum absolute atomic E-state index is 12.7. The third kappa shape index (κ3) is 3.56. The number of amides is 2. The number of piperidine rings is 1. The van der Waals surface area contributed by atoms with E-state index in [0.29, 0.717) is 18.8 Å². The summed E-state index contributed by atoms with van der Waals surface area (Å²) in [7, 11) is 1.51. The molecule has 0 aliphatic carbocycles. The van der Waals surface area contributed by atoms with Crippen molar-refractivity contribution in [3.8, 4) is 11.5 Å². The van der Waals surface area contributed by atoms with Gasteiger partial charge in [-0.15, -0.1) is 0 Å². The number of aromatic hydroxyl groups is 1. The Morgan fingerprint density at radius 2 is 1.92 bits per heavy atom. The minimum atomic E-state index is -0.251. The fourth-order valence-corrected chi connectivity index (χ4v) is 3.92. The van der Waals surface area contributed by atoms with Crippen LogP contribution in [0.2, 0.25) is 0 Å². The summed E-state index contributed by atoms with van der Waals surface area (Å²) in [5.74, 6) is 0.0183. The molecule has 2 saturated heterocycles. The maximum Gasteiger partial charge on any atom is 0.257 e. The lowest BCUT2D eigenvalue weighted by atomic mass is 10.0. The highest BCUT2D eigenvalue weighted by molar-refractivity contribution is 5.97. The molecular weight excluding hydrogens is 322 g/mol. The van der Waals surface area contributed by atoms with Crippen molar-refractivity contribution in [2.45, 2.75) is 37.8 Å². The Bertz CT molecular complexity index is 656. The van der Waals surface area contributed by atoms with Gasteiger partial charge in [-0.1, -0.05) is 0 Å². The summed E-state index contributed by atoms with van der Waals surface area (Å²) in [6, 6.07) is 4.82. The fourth-order valence-electron chi connectivity index (χ4n) is 3.92. The Labute approximate surface area is 147 Å². The summed E-state index contributed by atoms with van der Waals surface area (Å²) in [6.07, 6.45) is 3.44. The normalized spacial score (nSPS) is 22.1. The fraction of sp³-hybridized carbons (Fsp3) is 0.556. The van der Waals surface area contributed by atoms with Crippen LogP contribution in [0.25, 0.3) is 0 Å². The van der Waals surface area contributed by atoms with Gasteiger partial charge in [-0.05, 0) is 44.4 Å². The summed E-state index contributed by atoms with van der Waals surface area (Å²) in [4.78, 5) is 28.2. The van der Waals surface area contributed by atoms with Crippen LogP contribution in [0, 0.1) is 0 Å². The molecule has 2 heterocycles. The largest absolute Gasteiger partial charge is 0.507 e. The molecule has 2 amide bonds. The molecule has 7 heteroatoms. The Hall–Kier alpha value is -2.28. The van der Waals surface area contributed by atoms with E-state index in [1.165, 1.54) is 13.2 Å². The molecule has 3 rings (SSSR count). The number of methoxy groups -OCH3 is 1. The molecule has 0 radical (unpaired) electrons. The quantitative estimate of drug-likeness (QED) is 0.845. The van der Waals surface area contributed by atoms with Gasteiger partial charge < -0.3 is 20.5 Å². The van der Waals surface area contributed by atoms with Gasteiger partial charge in [0.1, 0.15) is 11.5 Å². The van der Waals surface area contributed by atoms with Crippen LogP contribution in [0.1, 0.15) is 36.0 Å². The number of phenols is 1. The summed E-state index contributed by atoms with van der Waals surface area (Å²) in [6.45, 7) is 2.11. The highest BCUT2D eigenvalue weighted by Crippen LogP contribution is 2.28. The zero-order valence-electron chi connectivity index (χ0n) is 14.5. The third-order valence-electron chi connectivity index (χ3n) is 5.28. The van der Waals surface area contributed by atoms with Gasteiger partial charge in [0.25, 0.3) is 5.91 Å². The number of primary amides is 1. The van der Waals surface area contributed by atoms with E-state index in [9.17, 15) is 14.7 Å². The molecule has 2 aliphatic heterocycles. The van der Waals surface area contributed by atoms with Crippen LogP contribution in [0.4, 0.5) is 0 Å². The van der Waals surface area contributed by atoms with E-state index >= 15 is 0 Å². The summed E-state index contributed by atoms with van der Waals surface area (Å²) < 4.78 is 5.05. The molecule has 1 aromatic carbocycles. The number of carbonyl (C=O) groups excluding carboxylic acids is 2. The monoisotopic (exact) mass is 347 g/mol. The smallest absolute Gasteiger partial charge is 0.257 e. The van der Waals surface area contributed by atoms with Crippen LogP contribution >= 0.6 is 0 Å². The van der Waals surface area contributed by atoms with Crippen molar-refractivity contribution in [2.75, 3.05) is 26.7 Å². The first-order chi connectivity index (χ1) is 12.0. The minimum Gasteiger partial charge on any atom is -0.507 e. The van der Waals surface area contributed by atoms with Crippen molar-refractivity contribution in [1.82, 2.24) is 9.80 Å². The molecule has 1 atom stereocenters. The Morgan fingerprint density at radius 3 is 2.52 bits per heavy atom. The highest BCUT2D eigenvalue weighted by Gasteiger charge is 2.36. The van der Waals surface area contributed by atoms with Crippen molar-refractivity contribution in [3.05, 3.63) is 23.8 Å². The van der Waals surface area contributed by atoms with Gasteiger partial charge in [0.2, 0.25) is 5.91 Å². The molecule has 0 unspecified atom stereocenters. The number of nitrogens with zero attached hydrogens (tertiary/aromatic N) is 2. The third-order valence-corrected chi connectivity index (χ3v) is 5.28. The topological polar surface area (TPSA) is 96.1 Å². The zero-order valence-corrected chi connectivity index (χ0v) is 14.5. The van der Waals surface area contributed by atoms with Crippen LogP contribution in [0.3, 0.4) is 0 Å². The minimum absolute atomic E-state index is 0.0696. The number of ether oxygens (including phenoxy) is 1. The van der Waals surface area contributed by atoms with E-state index in [2.05, 4.69) is 4.90 Å². The number of nitrogens with two attached hydrogens (primary N) is 1. The second-order valence-corrected chi connectivity index (χ2v) is 6.70. The van der Waals surface area contributed by atoms with Crippen LogP contribution in [-0.2, 0) is 4.79 Å². The molecule has 1 aromatic rings. The average Bonchev–Trinajstić information content (AvgIpc) is 3.11. The Balaban J connectivity index is 1.62. The van der Waals surface area contributed by atoms with Crippen molar-refractivity contribution >= 4 is 11.8 Å². The number of hydrogen-bond acceptors (Lipinski definition) is 5. The van der Waals surface area contributed by atoms with Crippen molar-refractivity contribution < 1.29 is 19.4 Å². The molecule has 0 spiro atoms. The van der Waals surface area contributed by atoms with Crippen molar-refractivity contribution in [3.63, 3.8) is 0 Å². The average molecular weight is 347 g/mol. The predicted molar refractivity (Wildman–Crippen MR) is 92.5 cm³/mol. The molecular formula is C18H25N3O4. The van der Waals surface area contributed by atoms with E-state index in [1.54, 1.807) is 17.0 Å². The molecule has 0 aromatic heterocycles. The summed E-state index contributed by atoms with van der Waals surface area (Å²) in [5.41, 5.74) is 5.79. The first kappa shape index (κ1) is 17.5. The number of rotatable bonds is 4. The van der Waals surface area contributed by atoms with Gasteiger partial charge in [-0.2, -0.15) is 0 Å². The molecule has 0 bridgehead atoms. The molecule has 7 nitrogen and oxygen atoms in total. The number of benzene rings is 1. The molecule has 136 valence electrons. The van der Waals surface area contributed by atoms with Crippen LogP contribution in [-0.4, -0.2) is 65.5 Å². The first-order valence-electron chi connectivity index (χ1n) is 8.72. The lowest BCUT2D eigenvalue weighted by Gasteiger charge is -2.38. The number of phenolic OH excluding ortho intramolecular Hbond substituents is 1. The van der Waals surface area contributed by atoms with Gasteiger partial charge in [0.05, 0.1) is 18.7 Å². The predicted octanol–water partition coefficient (Wildman–Crippen LogP) is 0.955. The van der Waals surface area contributed by atoms with Crippen LogP contribution < -0.4 is 10.5 Å². The molecule has 0 saturated carbocycles. The number of carbonyl (C=O) groups is 2.